The molecule has 1 aromatic carbocycles. The summed E-state index contributed by atoms with van der Waals surface area (Å²) in [5, 5.41) is 0. The Hall–Kier alpha value is -0.790. The van der Waals surface area contributed by atoms with Crippen LogP contribution in [0.2, 0.25) is 0 Å². The minimum Gasteiger partial charge on any atom is -0.294 e. The zero-order chi connectivity index (χ0) is 11.3. The highest BCUT2D eigenvalue weighted by atomic mass is 35.5. The fourth-order valence-electron chi connectivity index (χ4n) is 1.20. The van der Waals surface area contributed by atoms with Crippen molar-refractivity contribution in [3.8, 4) is 0 Å². The van der Waals surface area contributed by atoms with Crippen molar-refractivity contribution in [3.63, 3.8) is 0 Å². The molecule has 0 N–H and O–H groups in total. The summed E-state index contributed by atoms with van der Waals surface area (Å²) in [7, 11) is 0. The first-order valence-electron chi connectivity index (χ1n) is 4.70. The molecule has 0 unspecified atom stereocenters. The Kier molecular flexibility index (Phi) is 4.86. The number of hydrogen-bond donors (Lipinski definition) is 0. The molecule has 1 nitrogen and oxygen atoms in total. The van der Waals surface area contributed by atoms with Gasteiger partial charge in [-0.3, -0.25) is 4.79 Å². The lowest BCUT2D eigenvalue weighted by atomic mass is 10.1. The van der Waals surface area contributed by atoms with Crippen molar-refractivity contribution in [3.05, 3.63) is 46.0 Å². The summed E-state index contributed by atoms with van der Waals surface area (Å²) in [4.78, 5) is 11.6. The van der Waals surface area contributed by atoms with Crippen molar-refractivity contribution in [1.29, 1.82) is 0 Å². The summed E-state index contributed by atoms with van der Waals surface area (Å²) in [6.07, 6.45) is 2.65. The van der Waals surface area contributed by atoms with Crippen LogP contribution in [0.3, 0.4) is 0 Å². The fourth-order valence-corrected chi connectivity index (χ4v) is 1.41. The van der Waals surface area contributed by atoms with Gasteiger partial charge in [0.1, 0.15) is 4.49 Å². The van der Waals surface area contributed by atoms with Crippen LogP contribution in [0.25, 0.3) is 0 Å². The van der Waals surface area contributed by atoms with E-state index in [0.717, 1.165) is 11.1 Å². The molecule has 1 aromatic rings. The third-order valence-electron chi connectivity index (χ3n) is 2.04. The van der Waals surface area contributed by atoms with Crippen LogP contribution < -0.4 is 0 Å². The van der Waals surface area contributed by atoms with Gasteiger partial charge in [-0.05, 0) is 13.3 Å². The van der Waals surface area contributed by atoms with Crippen LogP contribution in [0, 0.1) is 6.92 Å². The summed E-state index contributed by atoms with van der Waals surface area (Å²) in [5.41, 5.74) is 1.88. The zero-order valence-electron chi connectivity index (χ0n) is 8.47. The molecule has 1 rings (SSSR count). The molecule has 0 fully saturated rings. The Morgan fingerprint density at radius 2 is 1.87 bits per heavy atom. The van der Waals surface area contributed by atoms with Gasteiger partial charge in [0.2, 0.25) is 0 Å². The third-order valence-corrected chi connectivity index (χ3v) is 2.35. The second-order valence-electron chi connectivity index (χ2n) is 3.32. The monoisotopic (exact) mass is 242 g/mol. The third kappa shape index (κ3) is 4.50. The van der Waals surface area contributed by atoms with E-state index >= 15 is 0 Å². The predicted molar refractivity (Wildman–Crippen MR) is 64.5 cm³/mol. The molecule has 0 radical (unpaired) electrons. The number of aryl methyl sites for hydroxylation is 1. The SMILES string of the molecule is Cc1ccc(C(=O)CCC=C(Cl)Cl)cc1. The van der Waals surface area contributed by atoms with Gasteiger partial charge in [0, 0.05) is 12.0 Å². The highest BCUT2D eigenvalue weighted by Crippen LogP contribution is 2.11. The molecule has 0 aliphatic carbocycles. The molecular formula is C12H12Cl2O. The number of Topliss-reactive ketones (excluding diaryl/α,β-unsaturated/α-hetero) is 1. The molecule has 0 saturated heterocycles. The van der Waals surface area contributed by atoms with E-state index in [1.54, 1.807) is 6.08 Å². The maximum atomic E-state index is 11.6. The van der Waals surface area contributed by atoms with E-state index in [1.807, 2.05) is 31.2 Å². The number of hydrogen-bond acceptors (Lipinski definition) is 1. The summed E-state index contributed by atoms with van der Waals surface area (Å²) < 4.78 is 0.215. The normalized spacial score (nSPS) is 9.80. The number of benzene rings is 1. The first-order chi connectivity index (χ1) is 7.09. The number of halogens is 2. The average molecular weight is 243 g/mol. The number of carbonyl (C=O) groups is 1. The van der Waals surface area contributed by atoms with Crippen LogP contribution in [0.5, 0.6) is 0 Å². The quantitative estimate of drug-likeness (QED) is 0.721. The van der Waals surface area contributed by atoms with Crippen molar-refractivity contribution in [1.82, 2.24) is 0 Å². The maximum Gasteiger partial charge on any atom is 0.163 e. The fraction of sp³-hybridized carbons (Fsp3) is 0.250. The van der Waals surface area contributed by atoms with E-state index < -0.39 is 0 Å². The number of ketones is 1. The molecule has 0 aliphatic heterocycles. The van der Waals surface area contributed by atoms with E-state index in [2.05, 4.69) is 0 Å². The largest absolute Gasteiger partial charge is 0.294 e. The van der Waals surface area contributed by atoms with Gasteiger partial charge >= 0.3 is 0 Å². The molecule has 80 valence electrons. The first-order valence-corrected chi connectivity index (χ1v) is 5.46. The molecule has 0 aliphatic rings. The molecule has 0 aromatic heterocycles. The lowest BCUT2D eigenvalue weighted by Gasteiger charge is -1.99. The van der Waals surface area contributed by atoms with E-state index in [4.69, 9.17) is 23.2 Å². The highest BCUT2D eigenvalue weighted by molar-refractivity contribution is 6.55. The predicted octanol–water partition coefficient (Wildman–Crippen LogP) is 4.28. The van der Waals surface area contributed by atoms with Crippen LogP contribution in [0.4, 0.5) is 0 Å². The Morgan fingerprint density at radius 3 is 2.40 bits per heavy atom. The molecule has 0 amide bonds. The summed E-state index contributed by atoms with van der Waals surface area (Å²) in [6.45, 7) is 1.99. The van der Waals surface area contributed by atoms with Gasteiger partial charge in [-0.2, -0.15) is 0 Å². The second-order valence-corrected chi connectivity index (χ2v) is 4.33. The van der Waals surface area contributed by atoms with E-state index in [0.29, 0.717) is 12.8 Å². The second kappa shape index (κ2) is 5.94. The van der Waals surface area contributed by atoms with Gasteiger partial charge in [0.05, 0.1) is 0 Å². The maximum absolute atomic E-state index is 11.6. The van der Waals surface area contributed by atoms with Crippen LogP contribution >= 0.6 is 23.2 Å². The van der Waals surface area contributed by atoms with Crippen molar-refractivity contribution in [2.24, 2.45) is 0 Å². The average Bonchev–Trinajstić information content (AvgIpc) is 2.18. The lowest BCUT2D eigenvalue weighted by molar-refractivity contribution is 0.0983. The molecule has 0 saturated carbocycles. The van der Waals surface area contributed by atoms with Gasteiger partial charge in [-0.15, -0.1) is 0 Å². The first kappa shape index (κ1) is 12.3. The lowest BCUT2D eigenvalue weighted by Crippen LogP contribution is -1.97. The van der Waals surface area contributed by atoms with Gasteiger partial charge < -0.3 is 0 Å². The van der Waals surface area contributed by atoms with Gasteiger partial charge in [-0.1, -0.05) is 59.1 Å². The number of rotatable bonds is 4. The smallest absolute Gasteiger partial charge is 0.163 e. The summed E-state index contributed by atoms with van der Waals surface area (Å²) >= 11 is 10.9. The summed E-state index contributed by atoms with van der Waals surface area (Å²) in [6, 6.07) is 7.53. The minimum atomic E-state index is 0.112. The van der Waals surface area contributed by atoms with Gasteiger partial charge in [-0.25, -0.2) is 0 Å². The van der Waals surface area contributed by atoms with E-state index in [9.17, 15) is 4.79 Å². The zero-order valence-corrected chi connectivity index (χ0v) is 9.98. The van der Waals surface area contributed by atoms with Crippen LogP contribution in [0.1, 0.15) is 28.8 Å². The standard InChI is InChI=1S/C12H12Cl2O/c1-9-5-7-10(8-6-9)11(15)3-2-4-12(13)14/h4-8H,2-3H2,1H3. The Morgan fingerprint density at radius 1 is 1.27 bits per heavy atom. The van der Waals surface area contributed by atoms with Gasteiger partial charge in [0.15, 0.2) is 5.78 Å². The van der Waals surface area contributed by atoms with Crippen LogP contribution in [0.15, 0.2) is 34.8 Å². The minimum absolute atomic E-state index is 0.112. The molecule has 0 atom stereocenters. The number of allylic oxidation sites excluding steroid dienone is 1. The number of carbonyl (C=O) groups excluding carboxylic acids is 1. The molecule has 3 heteroatoms. The molecular weight excluding hydrogens is 231 g/mol. The Bertz CT molecular complexity index is 362. The molecule has 15 heavy (non-hydrogen) atoms. The van der Waals surface area contributed by atoms with E-state index in [1.165, 1.54) is 0 Å². The topological polar surface area (TPSA) is 17.1 Å². The molecule has 0 spiro atoms. The summed E-state index contributed by atoms with van der Waals surface area (Å²) in [5.74, 6) is 0.112. The molecule has 0 bridgehead atoms. The Labute approximate surface area is 99.7 Å². The van der Waals surface area contributed by atoms with Crippen LogP contribution in [-0.2, 0) is 0 Å². The van der Waals surface area contributed by atoms with E-state index in [-0.39, 0.29) is 10.3 Å². The molecule has 0 heterocycles. The van der Waals surface area contributed by atoms with Crippen molar-refractivity contribution < 1.29 is 4.79 Å². The highest BCUT2D eigenvalue weighted by Gasteiger charge is 2.03. The van der Waals surface area contributed by atoms with Crippen molar-refractivity contribution >= 4 is 29.0 Å². The Balaban J connectivity index is 2.54. The van der Waals surface area contributed by atoms with Gasteiger partial charge in [0.25, 0.3) is 0 Å². The van der Waals surface area contributed by atoms with Crippen molar-refractivity contribution in [2.75, 3.05) is 0 Å². The van der Waals surface area contributed by atoms with Crippen LogP contribution in [-0.4, -0.2) is 5.78 Å². The van der Waals surface area contributed by atoms with Crippen molar-refractivity contribution in [2.45, 2.75) is 19.8 Å².